The molecule has 0 spiro atoms. The van der Waals surface area contributed by atoms with E-state index in [1.54, 1.807) is 0 Å². The van der Waals surface area contributed by atoms with E-state index in [0.29, 0.717) is 0 Å². The van der Waals surface area contributed by atoms with Gasteiger partial charge >= 0.3 is 0 Å². The lowest BCUT2D eigenvalue weighted by atomic mass is 9.82. The quantitative estimate of drug-likeness (QED) is 0.789. The standard InChI is InChI=1S/C17H23F2NO/c1-20(2)17(9-5-3-4-6-10-17)16(21)11-13-7-8-14(18)12-15(13)19/h7-8,12H,3-6,9-11H2,1-2H3. The third kappa shape index (κ3) is 3.49. The number of benzene rings is 1. The minimum atomic E-state index is -0.633. The van der Waals surface area contributed by atoms with E-state index >= 15 is 0 Å². The van der Waals surface area contributed by atoms with E-state index < -0.39 is 17.2 Å². The largest absolute Gasteiger partial charge is 0.297 e. The van der Waals surface area contributed by atoms with Gasteiger partial charge < -0.3 is 0 Å². The summed E-state index contributed by atoms with van der Waals surface area (Å²) in [5.41, 5.74) is -0.219. The average Bonchev–Trinajstić information content (AvgIpc) is 2.68. The van der Waals surface area contributed by atoms with Crippen LogP contribution in [0.5, 0.6) is 0 Å². The van der Waals surface area contributed by atoms with Gasteiger partial charge in [-0.1, -0.05) is 31.7 Å². The third-order valence-electron chi connectivity index (χ3n) is 4.67. The fourth-order valence-corrected chi connectivity index (χ4v) is 3.29. The van der Waals surface area contributed by atoms with Crippen LogP contribution in [-0.2, 0) is 11.2 Å². The van der Waals surface area contributed by atoms with Crippen LogP contribution in [0.2, 0.25) is 0 Å². The van der Waals surface area contributed by atoms with Gasteiger partial charge in [-0.3, -0.25) is 9.69 Å². The van der Waals surface area contributed by atoms with Crippen molar-refractivity contribution in [3.63, 3.8) is 0 Å². The summed E-state index contributed by atoms with van der Waals surface area (Å²) in [6.07, 6.45) is 6.01. The van der Waals surface area contributed by atoms with E-state index in [4.69, 9.17) is 0 Å². The van der Waals surface area contributed by atoms with Crippen LogP contribution in [-0.4, -0.2) is 30.3 Å². The molecule has 0 unspecified atom stereocenters. The lowest BCUT2D eigenvalue weighted by Crippen LogP contribution is -2.51. The second-order valence-electron chi connectivity index (χ2n) is 6.18. The van der Waals surface area contributed by atoms with Crippen molar-refractivity contribution in [2.24, 2.45) is 0 Å². The molecule has 0 amide bonds. The van der Waals surface area contributed by atoms with Crippen LogP contribution in [0.15, 0.2) is 18.2 Å². The Morgan fingerprint density at radius 2 is 1.76 bits per heavy atom. The molecule has 1 aliphatic rings. The molecule has 1 fully saturated rings. The number of carbonyl (C=O) groups is 1. The Bertz CT molecular complexity index is 506. The van der Waals surface area contributed by atoms with Crippen LogP contribution in [0.3, 0.4) is 0 Å². The van der Waals surface area contributed by atoms with Crippen LogP contribution >= 0.6 is 0 Å². The van der Waals surface area contributed by atoms with E-state index in [-0.39, 0.29) is 17.8 Å². The van der Waals surface area contributed by atoms with Gasteiger partial charge in [-0.05, 0) is 38.6 Å². The van der Waals surface area contributed by atoms with Gasteiger partial charge in [0.15, 0.2) is 5.78 Å². The van der Waals surface area contributed by atoms with Gasteiger partial charge in [-0.15, -0.1) is 0 Å². The highest BCUT2D eigenvalue weighted by Gasteiger charge is 2.40. The highest BCUT2D eigenvalue weighted by atomic mass is 19.1. The predicted molar refractivity (Wildman–Crippen MR) is 79.2 cm³/mol. The van der Waals surface area contributed by atoms with Crippen LogP contribution in [0, 0.1) is 11.6 Å². The molecule has 2 nitrogen and oxygen atoms in total. The summed E-state index contributed by atoms with van der Waals surface area (Å²) in [4.78, 5) is 14.8. The molecule has 0 atom stereocenters. The van der Waals surface area contributed by atoms with Crippen LogP contribution in [0.4, 0.5) is 8.78 Å². The monoisotopic (exact) mass is 295 g/mol. The van der Waals surface area contributed by atoms with E-state index in [2.05, 4.69) is 0 Å². The summed E-state index contributed by atoms with van der Waals surface area (Å²) in [6.45, 7) is 0. The fraction of sp³-hybridized carbons (Fsp3) is 0.588. The Morgan fingerprint density at radius 1 is 1.14 bits per heavy atom. The lowest BCUT2D eigenvalue weighted by Gasteiger charge is -2.38. The molecule has 1 aromatic rings. The second-order valence-corrected chi connectivity index (χ2v) is 6.18. The number of Topliss-reactive ketones (excluding diaryl/α,β-unsaturated/α-hetero) is 1. The molecule has 0 radical (unpaired) electrons. The Labute approximate surface area is 125 Å². The Balaban J connectivity index is 2.22. The van der Waals surface area contributed by atoms with Crippen molar-refractivity contribution in [2.45, 2.75) is 50.5 Å². The number of likely N-dealkylation sites (N-methyl/N-ethyl adjacent to an activating group) is 1. The number of halogens is 2. The molecule has 0 saturated heterocycles. The summed E-state index contributed by atoms with van der Waals surface area (Å²) >= 11 is 0. The van der Waals surface area contributed by atoms with Crippen molar-refractivity contribution in [2.75, 3.05) is 14.1 Å². The number of ketones is 1. The maximum absolute atomic E-state index is 13.8. The zero-order valence-electron chi connectivity index (χ0n) is 12.8. The normalized spacial score (nSPS) is 18.5. The van der Waals surface area contributed by atoms with Gasteiger partial charge in [0.25, 0.3) is 0 Å². The minimum Gasteiger partial charge on any atom is -0.297 e. The van der Waals surface area contributed by atoms with Crippen molar-refractivity contribution < 1.29 is 13.6 Å². The first-order valence-electron chi connectivity index (χ1n) is 7.60. The number of hydrogen-bond donors (Lipinski definition) is 0. The third-order valence-corrected chi connectivity index (χ3v) is 4.67. The van der Waals surface area contributed by atoms with Crippen molar-refractivity contribution in [3.8, 4) is 0 Å². The van der Waals surface area contributed by atoms with E-state index in [1.165, 1.54) is 12.1 Å². The maximum Gasteiger partial charge on any atom is 0.157 e. The van der Waals surface area contributed by atoms with Gasteiger partial charge in [-0.2, -0.15) is 0 Å². The average molecular weight is 295 g/mol. The van der Waals surface area contributed by atoms with Crippen molar-refractivity contribution in [3.05, 3.63) is 35.4 Å². The van der Waals surface area contributed by atoms with Crippen LogP contribution < -0.4 is 0 Å². The number of rotatable bonds is 4. The molecule has 0 N–H and O–H groups in total. The summed E-state index contributed by atoms with van der Waals surface area (Å²) in [7, 11) is 3.84. The van der Waals surface area contributed by atoms with Gasteiger partial charge in [-0.25, -0.2) is 8.78 Å². The molecule has 1 saturated carbocycles. The molecular weight excluding hydrogens is 272 g/mol. The number of hydrogen-bond acceptors (Lipinski definition) is 2. The molecule has 0 heterocycles. The second kappa shape index (κ2) is 6.65. The van der Waals surface area contributed by atoms with E-state index in [0.717, 1.165) is 44.6 Å². The van der Waals surface area contributed by atoms with Crippen molar-refractivity contribution in [1.82, 2.24) is 4.90 Å². The first kappa shape index (κ1) is 16.1. The Morgan fingerprint density at radius 3 is 2.29 bits per heavy atom. The molecule has 116 valence electrons. The van der Waals surface area contributed by atoms with E-state index in [9.17, 15) is 13.6 Å². The fourth-order valence-electron chi connectivity index (χ4n) is 3.29. The summed E-state index contributed by atoms with van der Waals surface area (Å²) < 4.78 is 26.7. The molecule has 1 aliphatic carbocycles. The molecule has 0 aromatic heterocycles. The maximum atomic E-state index is 13.8. The first-order chi connectivity index (χ1) is 9.95. The molecule has 0 bridgehead atoms. The highest BCUT2D eigenvalue weighted by Crippen LogP contribution is 2.33. The number of nitrogens with zero attached hydrogens (tertiary/aromatic N) is 1. The number of carbonyl (C=O) groups excluding carboxylic acids is 1. The zero-order valence-corrected chi connectivity index (χ0v) is 12.8. The van der Waals surface area contributed by atoms with Gasteiger partial charge in [0.2, 0.25) is 0 Å². The van der Waals surface area contributed by atoms with Crippen molar-refractivity contribution in [1.29, 1.82) is 0 Å². The molecular formula is C17H23F2NO. The summed E-state index contributed by atoms with van der Waals surface area (Å²) in [5, 5.41) is 0. The smallest absolute Gasteiger partial charge is 0.157 e. The van der Waals surface area contributed by atoms with Gasteiger partial charge in [0, 0.05) is 12.5 Å². The predicted octanol–water partition coefficient (Wildman–Crippen LogP) is 3.73. The van der Waals surface area contributed by atoms with Gasteiger partial charge in [0.05, 0.1) is 5.54 Å². The van der Waals surface area contributed by atoms with Gasteiger partial charge in [0.1, 0.15) is 11.6 Å². The van der Waals surface area contributed by atoms with E-state index in [1.807, 2.05) is 19.0 Å². The lowest BCUT2D eigenvalue weighted by molar-refractivity contribution is -0.130. The van der Waals surface area contributed by atoms with Crippen LogP contribution in [0.25, 0.3) is 0 Å². The SMILES string of the molecule is CN(C)C1(C(=O)Cc2ccc(F)cc2F)CCCCCC1. The molecule has 1 aromatic carbocycles. The zero-order chi connectivity index (χ0) is 15.5. The molecule has 0 aliphatic heterocycles. The Hall–Kier alpha value is -1.29. The molecule has 21 heavy (non-hydrogen) atoms. The summed E-state index contributed by atoms with van der Waals surface area (Å²) in [5.74, 6) is -1.20. The highest BCUT2D eigenvalue weighted by molar-refractivity contribution is 5.90. The van der Waals surface area contributed by atoms with Crippen molar-refractivity contribution >= 4 is 5.78 Å². The molecule has 4 heteroatoms. The minimum absolute atomic E-state index is 0.0320. The summed E-state index contributed by atoms with van der Waals surface area (Å²) in [6, 6.07) is 3.43. The van der Waals surface area contributed by atoms with Crippen LogP contribution in [0.1, 0.15) is 44.1 Å². The Kier molecular flexibility index (Phi) is 5.09. The first-order valence-corrected chi connectivity index (χ1v) is 7.60. The molecule has 2 rings (SSSR count). The topological polar surface area (TPSA) is 20.3 Å².